The fourth-order valence-corrected chi connectivity index (χ4v) is 4.49. The van der Waals surface area contributed by atoms with Crippen LogP contribution in [0.3, 0.4) is 0 Å². The zero-order valence-electron chi connectivity index (χ0n) is 19.4. The highest BCUT2D eigenvalue weighted by Crippen LogP contribution is 2.19. The average Bonchev–Trinajstić information content (AvgIpc) is 3.48. The van der Waals surface area contributed by atoms with Crippen LogP contribution in [0, 0.1) is 6.92 Å². The third kappa shape index (κ3) is 5.81. The Labute approximate surface area is 206 Å². The SMILES string of the molecule is Cc1cccc(-c2nccc(Nc3ccnc(Cc4nc(C(=O)O[C@H]5CCN(C)C5)cs4)n3)n2)n1. The molecule has 11 heteroatoms. The first-order valence-corrected chi connectivity index (χ1v) is 12.1. The van der Waals surface area contributed by atoms with Gasteiger partial charge in [-0.2, -0.15) is 0 Å². The van der Waals surface area contributed by atoms with Gasteiger partial charge in [-0.25, -0.2) is 34.7 Å². The summed E-state index contributed by atoms with van der Waals surface area (Å²) in [6, 6.07) is 9.26. The molecule has 4 aromatic heterocycles. The van der Waals surface area contributed by atoms with Gasteiger partial charge in [0.05, 0.1) is 6.42 Å². The minimum atomic E-state index is -0.383. The lowest BCUT2D eigenvalue weighted by Gasteiger charge is -2.10. The second-order valence-electron chi connectivity index (χ2n) is 8.29. The van der Waals surface area contributed by atoms with E-state index in [1.54, 1.807) is 29.9 Å². The number of esters is 1. The molecule has 0 unspecified atom stereocenters. The number of hydrogen-bond donors (Lipinski definition) is 1. The number of carbonyl (C=O) groups excluding carboxylic acids is 1. The summed E-state index contributed by atoms with van der Waals surface area (Å²) in [5.41, 5.74) is 1.93. The maximum Gasteiger partial charge on any atom is 0.358 e. The number of likely N-dealkylation sites (tertiary alicyclic amines) is 1. The number of ether oxygens (including phenoxy) is 1. The number of thiazole rings is 1. The second kappa shape index (κ2) is 10.2. The Morgan fingerprint density at radius 3 is 2.74 bits per heavy atom. The van der Waals surface area contributed by atoms with Crippen molar-refractivity contribution in [2.45, 2.75) is 25.9 Å². The fourth-order valence-electron chi connectivity index (χ4n) is 3.73. The van der Waals surface area contributed by atoms with E-state index in [1.165, 1.54) is 11.3 Å². The summed E-state index contributed by atoms with van der Waals surface area (Å²) in [4.78, 5) is 41.3. The molecule has 35 heavy (non-hydrogen) atoms. The fraction of sp³-hybridized carbons (Fsp3) is 0.292. The molecule has 1 saturated heterocycles. The van der Waals surface area contributed by atoms with E-state index < -0.39 is 0 Å². The highest BCUT2D eigenvalue weighted by Gasteiger charge is 2.24. The molecule has 0 spiro atoms. The average molecular weight is 489 g/mol. The van der Waals surface area contributed by atoms with Gasteiger partial charge in [0, 0.05) is 36.6 Å². The number of anilines is 2. The van der Waals surface area contributed by atoms with Crippen molar-refractivity contribution < 1.29 is 9.53 Å². The van der Waals surface area contributed by atoms with Crippen LogP contribution in [0.25, 0.3) is 11.5 Å². The van der Waals surface area contributed by atoms with E-state index in [9.17, 15) is 4.79 Å². The molecule has 178 valence electrons. The van der Waals surface area contributed by atoms with Crippen LogP contribution < -0.4 is 5.32 Å². The van der Waals surface area contributed by atoms with Gasteiger partial charge in [0.15, 0.2) is 11.5 Å². The maximum absolute atomic E-state index is 12.4. The Hall–Kier alpha value is -3.83. The van der Waals surface area contributed by atoms with Crippen LogP contribution >= 0.6 is 11.3 Å². The van der Waals surface area contributed by atoms with Gasteiger partial charge in [0.2, 0.25) is 0 Å². The highest BCUT2D eigenvalue weighted by molar-refractivity contribution is 7.09. The zero-order valence-corrected chi connectivity index (χ0v) is 20.2. The number of hydrogen-bond acceptors (Lipinski definition) is 11. The van der Waals surface area contributed by atoms with Gasteiger partial charge in [0.1, 0.15) is 34.3 Å². The summed E-state index contributed by atoms with van der Waals surface area (Å²) in [7, 11) is 2.02. The molecule has 10 nitrogen and oxygen atoms in total. The molecule has 5 heterocycles. The summed E-state index contributed by atoms with van der Waals surface area (Å²) in [5.74, 6) is 1.92. The number of nitrogens with zero attached hydrogens (tertiary/aromatic N) is 7. The molecule has 0 saturated carbocycles. The molecule has 1 N–H and O–H groups in total. The van der Waals surface area contributed by atoms with Gasteiger partial charge in [-0.1, -0.05) is 6.07 Å². The third-order valence-electron chi connectivity index (χ3n) is 5.43. The summed E-state index contributed by atoms with van der Waals surface area (Å²) in [6.45, 7) is 3.61. The predicted octanol–water partition coefficient (Wildman–Crippen LogP) is 3.29. The van der Waals surface area contributed by atoms with Crippen molar-refractivity contribution in [2.24, 2.45) is 0 Å². The lowest BCUT2D eigenvalue weighted by atomic mass is 10.3. The van der Waals surface area contributed by atoms with Gasteiger partial charge >= 0.3 is 5.97 Å². The predicted molar refractivity (Wildman–Crippen MR) is 132 cm³/mol. The van der Waals surface area contributed by atoms with Gasteiger partial charge in [0.25, 0.3) is 0 Å². The van der Waals surface area contributed by atoms with E-state index >= 15 is 0 Å². The van der Waals surface area contributed by atoms with Gasteiger partial charge in [-0.15, -0.1) is 11.3 Å². The topological polar surface area (TPSA) is 119 Å². The van der Waals surface area contributed by atoms with E-state index in [-0.39, 0.29) is 12.1 Å². The molecule has 0 aromatic carbocycles. The zero-order chi connectivity index (χ0) is 24.2. The number of likely N-dealkylation sites (N-methyl/N-ethyl adjacent to an activating group) is 1. The lowest BCUT2D eigenvalue weighted by molar-refractivity contribution is 0.0321. The van der Waals surface area contributed by atoms with Crippen LogP contribution in [-0.2, 0) is 11.2 Å². The summed E-state index contributed by atoms with van der Waals surface area (Å²) < 4.78 is 5.57. The molecule has 0 radical (unpaired) electrons. The van der Waals surface area contributed by atoms with Crippen molar-refractivity contribution in [3.63, 3.8) is 0 Å². The third-order valence-corrected chi connectivity index (χ3v) is 6.28. The molecular weight excluding hydrogens is 464 g/mol. The molecule has 1 aliphatic heterocycles. The normalized spacial score (nSPS) is 15.8. The minimum Gasteiger partial charge on any atom is -0.456 e. The first kappa shape index (κ1) is 22.9. The first-order chi connectivity index (χ1) is 17.0. The lowest BCUT2D eigenvalue weighted by Crippen LogP contribution is -2.22. The summed E-state index contributed by atoms with van der Waals surface area (Å²) >= 11 is 1.39. The molecule has 5 rings (SSSR count). The van der Waals surface area contributed by atoms with Crippen molar-refractivity contribution in [3.05, 3.63) is 70.3 Å². The van der Waals surface area contributed by atoms with E-state index in [0.29, 0.717) is 41.1 Å². The van der Waals surface area contributed by atoms with Crippen molar-refractivity contribution in [1.82, 2.24) is 34.8 Å². The van der Waals surface area contributed by atoms with Gasteiger partial charge in [-0.3, -0.25) is 0 Å². The molecule has 1 atom stereocenters. The quantitative estimate of drug-likeness (QED) is 0.388. The Bertz CT molecular complexity index is 1340. The Balaban J connectivity index is 1.24. The molecule has 4 aromatic rings. The maximum atomic E-state index is 12.4. The number of aromatic nitrogens is 6. The molecule has 1 aliphatic rings. The second-order valence-corrected chi connectivity index (χ2v) is 9.24. The Morgan fingerprint density at radius 1 is 1.11 bits per heavy atom. The van der Waals surface area contributed by atoms with Crippen molar-refractivity contribution in [3.8, 4) is 11.5 Å². The van der Waals surface area contributed by atoms with Crippen LogP contribution in [0.1, 0.15) is 33.4 Å². The minimum absolute atomic E-state index is 0.0762. The van der Waals surface area contributed by atoms with E-state index in [1.807, 2.05) is 32.2 Å². The van der Waals surface area contributed by atoms with Crippen LogP contribution in [0.5, 0.6) is 0 Å². The number of rotatable bonds is 7. The standard InChI is InChI=1S/C24H24N8O2S/c1-15-4-3-5-17(27-15)23-26-10-7-20(31-23)29-19-6-9-25-21(30-19)12-22-28-18(14-35-22)24(33)34-16-8-11-32(2)13-16/h3-7,9-10,14,16H,8,11-13H2,1-2H3,(H,25,26,29,30,31)/t16-/m0/s1. The molecule has 0 bridgehead atoms. The van der Waals surface area contributed by atoms with Gasteiger partial charge in [-0.05, 0) is 44.7 Å². The Kier molecular flexibility index (Phi) is 6.68. The summed E-state index contributed by atoms with van der Waals surface area (Å²) in [6.07, 6.45) is 4.53. The van der Waals surface area contributed by atoms with E-state index in [0.717, 1.165) is 30.2 Å². The van der Waals surface area contributed by atoms with Crippen molar-refractivity contribution in [2.75, 3.05) is 25.5 Å². The molecule has 0 amide bonds. The van der Waals surface area contributed by atoms with Crippen LogP contribution in [0.2, 0.25) is 0 Å². The van der Waals surface area contributed by atoms with Crippen LogP contribution in [0.15, 0.2) is 48.1 Å². The Morgan fingerprint density at radius 2 is 1.94 bits per heavy atom. The van der Waals surface area contributed by atoms with Crippen molar-refractivity contribution in [1.29, 1.82) is 0 Å². The molecule has 1 fully saturated rings. The van der Waals surface area contributed by atoms with Gasteiger partial charge < -0.3 is 15.0 Å². The summed E-state index contributed by atoms with van der Waals surface area (Å²) in [5, 5.41) is 5.66. The molecule has 0 aliphatic carbocycles. The number of pyridine rings is 1. The monoisotopic (exact) mass is 488 g/mol. The highest BCUT2D eigenvalue weighted by atomic mass is 32.1. The van der Waals surface area contributed by atoms with Crippen LogP contribution in [0.4, 0.5) is 11.6 Å². The largest absolute Gasteiger partial charge is 0.456 e. The smallest absolute Gasteiger partial charge is 0.358 e. The van der Waals surface area contributed by atoms with Crippen molar-refractivity contribution >= 4 is 28.9 Å². The number of aryl methyl sites for hydroxylation is 1. The first-order valence-electron chi connectivity index (χ1n) is 11.2. The molecular formula is C24H24N8O2S. The van der Waals surface area contributed by atoms with E-state index in [2.05, 4.69) is 40.1 Å². The van der Waals surface area contributed by atoms with Crippen LogP contribution in [-0.4, -0.2) is 67.0 Å². The number of carbonyl (C=O) groups is 1. The number of nitrogens with one attached hydrogen (secondary N) is 1. The van der Waals surface area contributed by atoms with E-state index in [4.69, 9.17) is 4.74 Å².